The molecule has 0 amide bonds. The van der Waals surface area contributed by atoms with E-state index in [1.54, 1.807) is 12.4 Å². The summed E-state index contributed by atoms with van der Waals surface area (Å²) in [5.74, 6) is 1.26. The van der Waals surface area contributed by atoms with Gasteiger partial charge in [-0.1, -0.05) is 36.3 Å². The van der Waals surface area contributed by atoms with Crippen LogP contribution in [0.5, 0.6) is 0 Å². The lowest BCUT2D eigenvalue weighted by atomic mass is 10.0. The van der Waals surface area contributed by atoms with E-state index in [0.717, 1.165) is 17.5 Å². The highest BCUT2D eigenvalue weighted by Gasteiger charge is 2.12. The minimum absolute atomic E-state index is 0.555. The van der Waals surface area contributed by atoms with E-state index in [9.17, 15) is 0 Å². The van der Waals surface area contributed by atoms with Gasteiger partial charge >= 0.3 is 0 Å². The van der Waals surface area contributed by atoms with Crippen molar-refractivity contribution in [2.24, 2.45) is 0 Å². The third kappa shape index (κ3) is 2.84. The Morgan fingerprint density at radius 2 is 1.90 bits per heavy atom. The van der Waals surface area contributed by atoms with Gasteiger partial charge in [0, 0.05) is 24.4 Å². The smallest absolute Gasteiger partial charge is 0.258 e. The monoisotopic (exact) mass is 279 g/mol. The highest BCUT2D eigenvalue weighted by Crippen LogP contribution is 2.21. The summed E-state index contributed by atoms with van der Waals surface area (Å²) in [6.07, 6.45) is 5.23. The SMILES string of the molecule is CCc1ccccc1Cc1noc(-c2ccncc2C)n1. The van der Waals surface area contributed by atoms with Gasteiger partial charge in [-0.25, -0.2) is 0 Å². The van der Waals surface area contributed by atoms with Gasteiger partial charge < -0.3 is 4.52 Å². The second kappa shape index (κ2) is 5.87. The van der Waals surface area contributed by atoms with Crippen molar-refractivity contribution in [1.82, 2.24) is 15.1 Å². The summed E-state index contributed by atoms with van der Waals surface area (Å²) in [4.78, 5) is 8.58. The van der Waals surface area contributed by atoms with E-state index in [4.69, 9.17) is 4.52 Å². The van der Waals surface area contributed by atoms with Crippen molar-refractivity contribution in [3.8, 4) is 11.5 Å². The highest BCUT2D eigenvalue weighted by atomic mass is 16.5. The Balaban J connectivity index is 1.87. The summed E-state index contributed by atoms with van der Waals surface area (Å²) in [6, 6.07) is 10.3. The zero-order valence-corrected chi connectivity index (χ0v) is 12.2. The molecule has 2 aromatic heterocycles. The maximum Gasteiger partial charge on any atom is 0.258 e. The summed E-state index contributed by atoms with van der Waals surface area (Å²) in [5.41, 5.74) is 4.54. The van der Waals surface area contributed by atoms with E-state index in [-0.39, 0.29) is 0 Å². The van der Waals surface area contributed by atoms with Crippen LogP contribution in [0.2, 0.25) is 0 Å². The predicted molar refractivity (Wildman–Crippen MR) is 80.9 cm³/mol. The Morgan fingerprint density at radius 1 is 1.10 bits per heavy atom. The highest BCUT2D eigenvalue weighted by molar-refractivity contribution is 5.56. The molecule has 0 radical (unpaired) electrons. The molecule has 3 aromatic rings. The molecule has 0 N–H and O–H groups in total. The second-order valence-electron chi connectivity index (χ2n) is 5.01. The van der Waals surface area contributed by atoms with Gasteiger partial charge in [0.25, 0.3) is 5.89 Å². The molecule has 0 bridgehead atoms. The molecule has 4 heteroatoms. The number of aromatic nitrogens is 3. The normalized spacial score (nSPS) is 10.8. The summed E-state index contributed by atoms with van der Waals surface area (Å²) in [5, 5.41) is 4.10. The molecule has 0 spiro atoms. The molecule has 4 nitrogen and oxygen atoms in total. The van der Waals surface area contributed by atoms with Crippen molar-refractivity contribution in [3.05, 3.63) is 65.2 Å². The van der Waals surface area contributed by atoms with E-state index in [0.29, 0.717) is 18.1 Å². The van der Waals surface area contributed by atoms with Gasteiger partial charge in [-0.2, -0.15) is 4.98 Å². The van der Waals surface area contributed by atoms with Crippen LogP contribution in [-0.2, 0) is 12.8 Å². The van der Waals surface area contributed by atoms with Crippen molar-refractivity contribution in [1.29, 1.82) is 0 Å². The molecule has 0 aliphatic rings. The van der Waals surface area contributed by atoms with E-state index < -0.39 is 0 Å². The predicted octanol–water partition coefficient (Wildman–Crippen LogP) is 3.59. The van der Waals surface area contributed by atoms with Gasteiger partial charge in [-0.3, -0.25) is 4.98 Å². The van der Waals surface area contributed by atoms with Crippen molar-refractivity contribution in [2.75, 3.05) is 0 Å². The lowest BCUT2D eigenvalue weighted by molar-refractivity contribution is 0.423. The maximum atomic E-state index is 5.39. The van der Waals surface area contributed by atoms with Gasteiger partial charge in [0.1, 0.15) is 0 Å². The molecular formula is C17H17N3O. The number of aryl methyl sites for hydroxylation is 2. The average molecular weight is 279 g/mol. The summed E-state index contributed by atoms with van der Waals surface area (Å²) >= 11 is 0. The topological polar surface area (TPSA) is 51.8 Å². The fourth-order valence-electron chi connectivity index (χ4n) is 2.39. The molecule has 0 atom stereocenters. The Labute approximate surface area is 123 Å². The third-order valence-electron chi connectivity index (χ3n) is 3.57. The van der Waals surface area contributed by atoms with Crippen LogP contribution in [0, 0.1) is 6.92 Å². The number of hydrogen-bond acceptors (Lipinski definition) is 4. The van der Waals surface area contributed by atoms with Crippen LogP contribution >= 0.6 is 0 Å². The lowest BCUT2D eigenvalue weighted by Crippen LogP contribution is -1.96. The molecule has 0 aliphatic heterocycles. The van der Waals surface area contributed by atoms with Gasteiger partial charge in [0.2, 0.25) is 0 Å². The number of hydrogen-bond donors (Lipinski definition) is 0. The van der Waals surface area contributed by atoms with Crippen molar-refractivity contribution in [2.45, 2.75) is 26.7 Å². The first-order valence-corrected chi connectivity index (χ1v) is 7.08. The van der Waals surface area contributed by atoms with Crippen LogP contribution in [0.4, 0.5) is 0 Å². The van der Waals surface area contributed by atoms with Gasteiger partial charge in [0.05, 0.1) is 0 Å². The molecule has 0 fully saturated rings. The van der Waals surface area contributed by atoms with Crippen LogP contribution in [-0.4, -0.2) is 15.1 Å². The molecule has 0 unspecified atom stereocenters. The van der Waals surface area contributed by atoms with Gasteiger partial charge in [0.15, 0.2) is 5.82 Å². The minimum Gasteiger partial charge on any atom is -0.334 e. The second-order valence-corrected chi connectivity index (χ2v) is 5.01. The van der Waals surface area contributed by atoms with E-state index >= 15 is 0 Å². The Hall–Kier alpha value is -2.49. The first-order valence-electron chi connectivity index (χ1n) is 7.08. The molecule has 3 rings (SSSR count). The molecule has 2 heterocycles. The molecule has 106 valence electrons. The summed E-state index contributed by atoms with van der Waals surface area (Å²) in [7, 11) is 0. The first-order chi connectivity index (χ1) is 10.3. The fourth-order valence-corrected chi connectivity index (χ4v) is 2.39. The van der Waals surface area contributed by atoms with E-state index in [2.05, 4.69) is 40.2 Å². The molecule has 0 saturated carbocycles. The number of nitrogens with zero attached hydrogens (tertiary/aromatic N) is 3. The van der Waals surface area contributed by atoms with Crippen LogP contribution in [0.3, 0.4) is 0 Å². The van der Waals surface area contributed by atoms with Crippen LogP contribution < -0.4 is 0 Å². The molecule has 0 saturated heterocycles. The number of rotatable bonds is 4. The van der Waals surface area contributed by atoms with Crippen molar-refractivity contribution < 1.29 is 4.52 Å². The van der Waals surface area contributed by atoms with E-state index in [1.165, 1.54) is 11.1 Å². The number of pyridine rings is 1. The number of benzene rings is 1. The maximum absolute atomic E-state index is 5.39. The molecular weight excluding hydrogens is 262 g/mol. The van der Waals surface area contributed by atoms with E-state index in [1.807, 2.05) is 19.1 Å². The third-order valence-corrected chi connectivity index (χ3v) is 3.57. The zero-order chi connectivity index (χ0) is 14.7. The lowest BCUT2D eigenvalue weighted by Gasteiger charge is -2.04. The van der Waals surface area contributed by atoms with Gasteiger partial charge in [-0.05, 0) is 36.1 Å². The van der Waals surface area contributed by atoms with Gasteiger partial charge in [-0.15, -0.1) is 0 Å². The van der Waals surface area contributed by atoms with Crippen LogP contribution in [0.1, 0.15) is 29.4 Å². The first kappa shape index (κ1) is 13.5. The van der Waals surface area contributed by atoms with Crippen molar-refractivity contribution >= 4 is 0 Å². The average Bonchev–Trinajstić information content (AvgIpc) is 2.96. The Morgan fingerprint density at radius 3 is 2.67 bits per heavy atom. The fraction of sp³-hybridized carbons (Fsp3) is 0.235. The zero-order valence-electron chi connectivity index (χ0n) is 12.2. The minimum atomic E-state index is 0.555. The van der Waals surface area contributed by atoms with Crippen LogP contribution in [0.25, 0.3) is 11.5 Å². The Kier molecular flexibility index (Phi) is 3.77. The van der Waals surface area contributed by atoms with Crippen LogP contribution in [0.15, 0.2) is 47.2 Å². The quantitative estimate of drug-likeness (QED) is 0.732. The molecule has 21 heavy (non-hydrogen) atoms. The van der Waals surface area contributed by atoms with Crippen molar-refractivity contribution in [3.63, 3.8) is 0 Å². The summed E-state index contributed by atoms with van der Waals surface area (Å²) < 4.78 is 5.39. The standard InChI is InChI=1S/C17H17N3O/c1-3-13-6-4-5-7-14(13)10-16-19-17(21-20-16)15-8-9-18-11-12(15)2/h4-9,11H,3,10H2,1-2H3. The Bertz CT molecular complexity index is 749. The molecule has 1 aromatic carbocycles. The summed E-state index contributed by atoms with van der Waals surface area (Å²) in [6.45, 7) is 4.14. The molecule has 0 aliphatic carbocycles. The largest absolute Gasteiger partial charge is 0.334 e.